The fourth-order valence-electron chi connectivity index (χ4n) is 2.30. The molecule has 0 heterocycles. The Morgan fingerprint density at radius 3 is 2.30 bits per heavy atom. The number of likely N-dealkylation sites (N-methyl/N-ethyl adjacent to an activating group) is 1. The molecule has 0 spiro atoms. The summed E-state index contributed by atoms with van der Waals surface area (Å²) in [6.45, 7) is 3.63. The van der Waals surface area contributed by atoms with E-state index in [-0.39, 0.29) is 24.4 Å². The number of allylic oxidation sites excluding steroid dienone is 2. The average molecular weight is 282 g/mol. The maximum absolute atomic E-state index is 12.3. The number of rotatable bonds is 5. The van der Waals surface area contributed by atoms with E-state index in [2.05, 4.69) is 5.32 Å². The molecule has 0 aromatic rings. The Balaban J connectivity index is 2.65. The van der Waals surface area contributed by atoms with Gasteiger partial charge in [0.05, 0.1) is 18.4 Å². The van der Waals surface area contributed by atoms with E-state index in [0.717, 1.165) is 0 Å². The van der Waals surface area contributed by atoms with E-state index < -0.39 is 17.8 Å². The Hall–Kier alpha value is -1.85. The summed E-state index contributed by atoms with van der Waals surface area (Å²) in [5, 5.41) is 11.9. The summed E-state index contributed by atoms with van der Waals surface area (Å²) >= 11 is 0. The third-order valence-electron chi connectivity index (χ3n) is 3.27. The van der Waals surface area contributed by atoms with Gasteiger partial charge in [-0.25, -0.2) is 0 Å². The van der Waals surface area contributed by atoms with Crippen LogP contribution in [-0.2, 0) is 14.4 Å². The van der Waals surface area contributed by atoms with Gasteiger partial charge in [-0.05, 0) is 26.7 Å². The molecular weight excluding hydrogens is 260 g/mol. The molecule has 0 aromatic carbocycles. The largest absolute Gasteiger partial charge is 0.481 e. The third-order valence-corrected chi connectivity index (χ3v) is 3.27. The zero-order valence-electron chi connectivity index (χ0n) is 12.1. The molecule has 2 N–H and O–H groups in total. The first kappa shape index (κ1) is 16.2. The zero-order chi connectivity index (χ0) is 15.3. The highest BCUT2D eigenvalue weighted by Gasteiger charge is 2.35. The molecular formula is C14H22N2O4. The number of amides is 2. The van der Waals surface area contributed by atoms with Crippen LogP contribution in [0.2, 0.25) is 0 Å². The van der Waals surface area contributed by atoms with Crippen LogP contribution in [0.5, 0.6) is 0 Å². The van der Waals surface area contributed by atoms with Crippen LogP contribution >= 0.6 is 0 Å². The van der Waals surface area contributed by atoms with Crippen molar-refractivity contribution in [2.45, 2.75) is 32.7 Å². The molecule has 6 nitrogen and oxygen atoms in total. The first-order valence-electron chi connectivity index (χ1n) is 6.75. The molecule has 0 saturated carbocycles. The summed E-state index contributed by atoms with van der Waals surface area (Å²) < 4.78 is 0. The van der Waals surface area contributed by atoms with Crippen LogP contribution in [0.25, 0.3) is 0 Å². The SMILES string of the molecule is CC(C)NC(=O)CN(C)C(=O)[C@@H]1CC=CC[C@@H]1C(=O)O. The minimum Gasteiger partial charge on any atom is -0.481 e. The zero-order valence-corrected chi connectivity index (χ0v) is 12.1. The Morgan fingerprint density at radius 2 is 1.80 bits per heavy atom. The Kier molecular flexibility index (Phi) is 5.73. The van der Waals surface area contributed by atoms with Gasteiger partial charge < -0.3 is 15.3 Å². The van der Waals surface area contributed by atoms with E-state index in [1.165, 1.54) is 11.9 Å². The second-order valence-corrected chi connectivity index (χ2v) is 5.41. The number of carbonyl (C=O) groups excluding carboxylic acids is 2. The second kappa shape index (κ2) is 7.07. The number of nitrogens with zero attached hydrogens (tertiary/aromatic N) is 1. The Morgan fingerprint density at radius 1 is 1.25 bits per heavy atom. The number of nitrogens with one attached hydrogen (secondary N) is 1. The van der Waals surface area contributed by atoms with Gasteiger partial charge in [-0.1, -0.05) is 12.2 Å². The molecule has 1 rings (SSSR count). The van der Waals surface area contributed by atoms with E-state index >= 15 is 0 Å². The number of carbonyl (C=O) groups is 3. The first-order chi connectivity index (χ1) is 9.32. The Bertz CT molecular complexity index is 417. The van der Waals surface area contributed by atoms with E-state index in [9.17, 15) is 14.4 Å². The number of carboxylic acids is 1. The van der Waals surface area contributed by atoms with Gasteiger partial charge >= 0.3 is 5.97 Å². The average Bonchev–Trinajstić information content (AvgIpc) is 2.36. The Labute approximate surface area is 118 Å². The van der Waals surface area contributed by atoms with E-state index in [1.54, 1.807) is 6.08 Å². The van der Waals surface area contributed by atoms with E-state index in [0.29, 0.717) is 12.8 Å². The summed E-state index contributed by atoms with van der Waals surface area (Å²) in [6, 6.07) is 0.00961. The van der Waals surface area contributed by atoms with Crippen molar-refractivity contribution >= 4 is 17.8 Å². The highest BCUT2D eigenvalue weighted by atomic mass is 16.4. The van der Waals surface area contributed by atoms with Crippen molar-refractivity contribution in [1.29, 1.82) is 0 Å². The van der Waals surface area contributed by atoms with Gasteiger partial charge in [0.25, 0.3) is 0 Å². The lowest BCUT2D eigenvalue weighted by Crippen LogP contribution is -2.45. The first-order valence-corrected chi connectivity index (χ1v) is 6.75. The molecule has 112 valence electrons. The van der Waals surface area contributed by atoms with E-state index in [4.69, 9.17) is 5.11 Å². The second-order valence-electron chi connectivity index (χ2n) is 5.41. The smallest absolute Gasteiger partial charge is 0.307 e. The predicted molar refractivity (Wildman–Crippen MR) is 73.9 cm³/mol. The molecule has 2 atom stereocenters. The van der Waals surface area contributed by atoms with Gasteiger partial charge in [-0.3, -0.25) is 14.4 Å². The summed E-state index contributed by atoms with van der Waals surface area (Å²) in [7, 11) is 1.53. The standard InChI is InChI=1S/C14H22N2O4/c1-9(2)15-12(17)8-16(3)13(18)10-6-4-5-7-11(10)14(19)20/h4-5,9-11H,6-8H2,1-3H3,(H,15,17)(H,19,20)/t10-,11+/m1/s1. The highest BCUT2D eigenvalue weighted by molar-refractivity contribution is 5.88. The molecule has 0 aromatic heterocycles. The summed E-state index contributed by atoms with van der Waals surface area (Å²) in [5.74, 6) is -2.79. The van der Waals surface area contributed by atoms with E-state index in [1.807, 2.05) is 19.9 Å². The van der Waals surface area contributed by atoms with Crippen molar-refractivity contribution in [3.63, 3.8) is 0 Å². The maximum atomic E-state index is 12.3. The molecule has 20 heavy (non-hydrogen) atoms. The number of hydrogen-bond donors (Lipinski definition) is 2. The normalized spacial score (nSPS) is 21.6. The molecule has 0 unspecified atom stereocenters. The number of aliphatic carboxylic acids is 1. The van der Waals surface area contributed by atoms with Gasteiger partial charge in [-0.2, -0.15) is 0 Å². The topological polar surface area (TPSA) is 86.7 Å². The number of hydrogen-bond acceptors (Lipinski definition) is 3. The van der Waals surface area contributed by atoms with Crippen molar-refractivity contribution in [1.82, 2.24) is 10.2 Å². The lowest BCUT2D eigenvalue weighted by molar-refractivity contribution is -0.150. The van der Waals surface area contributed by atoms with Crippen molar-refractivity contribution in [3.05, 3.63) is 12.2 Å². The maximum Gasteiger partial charge on any atom is 0.307 e. The summed E-state index contributed by atoms with van der Waals surface area (Å²) in [4.78, 5) is 36.4. The molecule has 1 aliphatic carbocycles. The monoisotopic (exact) mass is 282 g/mol. The van der Waals surface area contributed by atoms with Gasteiger partial charge in [0.1, 0.15) is 0 Å². The minimum absolute atomic E-state index is 0.00961. The highest BCUT2D eigenvalue weighted by Crippen LogP contribution is 2.27. The molecule has 0 fully saturated rings. The van der Waals surface area contributed by atoms with Gasteiger partial charge in [0.15, 0.2) is 0 Å². The summed E-state index contributed by atoms with van der Waals surface area (Å²) in [6.07, 6.45) is 4.38. The molecule has 6 heteroatoms. The fraction of sp³-hybridized carbons (Fsp3) is 0.643. The van der Waals surface area contributed by atoms with Crippen molar-refractivity contribution < 1.29 is 19.5 Å². The molecule has 0 bridgehead atoms. The van der Waals surface area contributed by atoms with Gasteiger partial charge in [-0.15, -0.1) is 0 Å². The molecule has 0 radical (unpaired) electrons. The van der Waals surface area contributed by atoms with Crippen LogP contribution in [0.4, 0.5) is 0 Å². The van der Waals surface area contributed by atoms with Crippen LogP contribution in [0.3, 0.4) is 0 Å². The molecule has 2 amide bonds. The van der Waals surface area contributed by atoms with Gasteiger partial charge in [0, 0.05) is 13.1 Å². The quantitative estimate of drug-likeness (QED) is 0.724. The predicted octanol–water partition coefficient (Wildman–Crippen LogP) is 0.636. The van der Waals surface area contributed by atoms with Crippen molar-refractivity contribution in [2.24, 2.45) is 11.8 Å². The van der Waals surface area contributed by atoms with Gasteiger partial charge in [0.2, 0.25) is 11.8 Å². The van der Waals surface area contributed by atoms with Crippen molar-refractivity contribution in [2.75, 3.05) is 13.6 Å². The molecule has 0 saturated heterocycles. The summed E-state index contributed by atoms with van der Waals surface area (Å²) in [5.41, 5.74) is 0. The van der Waals surface area contributed by atoms with Crippen LogP contribution in [0.1, 0.15) is 26.7 Å². The third kappa shape index (κ3) is 4.36. The minimum atomic E-state index is -0.965. The van der Waals surface area contributed by atoms with Crippen LogP contribution in [-0.4, -0.2) is 47.4 Å². The fourth-order valence-corrected chi connectivity index (χ4v) is 2.30. The molecule has 0 aliphatic heterocycles. The number of carboxylic acid groups (broad SMARTS) is 1. The van der Waals surface area contributed by atoms with Crippen LogP contribution in [0, 0.1) is 11.8 Å². The van der Waals surface area contributed by atoms with Crippen molar-refractivity contribution in [3.8, 4) is 0 Å². The van der Waals surface area contributed by atoms with Crippen LogP contribution in [0.15, 0.2) is 12.2 Å². The van der Waals surface area contributed by atoms with Crippen LogP contribution < -0.4 is 5.32 Å². The lowest BCUT2D eigenvalue weighted by atomic mass is 9.82. The lowest BCUT2D eigenvalue weighted by Gasteiger charge is -2.28. The molecule has 1 aliphatic rings.